The molecule has 0 aliphatic heterocycles. The van der Waals surface area contributed by atoms with Gasteiger partial charge in [0.2, 0.25) is 0 Å². The van der Waals surface area contributed by atoms with Crippen molar-refractivity contribution in [1.82, 2.24) is 4.98 Å². The number of nitrogens with two attached hydrogens (primary N) is 1. The number of nitrogen functional groups attached to an aromatic ring is 1. The first-order valence-electron chi connectivity index (χ1n) is 6.34. The Labute approximate surface area is 129 Å². The van der Waals surface area contributed by atoms with Gasteiger partial charge in [-0.3, -0.25) is 4.98 Å². The zero-order valence-corrected chi connectivity index (χ0v) is 12.6. The number of fused-ring (bicyclic) bond motifs is 1. The van der Waals surface area contributed by atoms with E-state index in [-0.39, 0.29) is 12.4 Å². The number of ether oxygens (including phenoxy) is 1. The fourth-order valence-corrected chi connectivity index (χ4v) is 2.65. The number of pyridine rings is 1. The summed E-state index contributed by atoms with van der Waals surface area (Å²) < 4.78 is 19.8. The van der Waals surface area contributed by atoms with Crippen LogP contribution in [0.2, 0.25) is 0 Å². The lowest BCUT2D eigenvalue weighted by atomic mass is 10.1. The molecule has 3 rings (SSSR count). The van der Waals surface area contributed by atoms with Gasteiger partial charge in [-0.05, 0) is 48.0 Å². The van der Waals surface area contributed by atoms with Gasteiger partial charge in [0.25, 0.3) is 0 Å². The molecule has 0 saturated heterocycles. The number of hydrogen-bond acceptors (Lipinski definition) is 3. The molecule has 0 spiro atoms. The van der Waals surface area contributed by atoms with Crippen molar-refractivity contribution >= 4 is 32.5 Å². The summed E-state index contributed by atoms with van der Waals surface area (Å²) in [5.74, 6) is 0.323. The summed E-state index contributed by atoms with van der Waals surface area (Å²) >= 11 is 3.26. The molecule has 5 heteroatoms. The average molecular weight is 347 g/mol. The van der Waals surface area contributed by atoms with Crippen LogP contribution in [-0.4, -0.2) is 4.98 Å². The Balaban J connectivity index is 1.90. The highest BCUT2D eigenvalue weighted by atomic mass is 79.9. The van der Waals surface area contributed by atoms with Crippen LogP contribution in [0.4, 0.5) is 10.1 Å². The van der Waals surface area contributed by atoms with Gasteiger partial charge in [0.1, 0.15) is 23.7 Å². The van der Waals surface area contributed by atoms with E-state index in [4.69, 9.17) is 10.5 Å². The molecule has 3 nitrogen and oxygen atoms in total. The molecule has 1 aromatic heterocycles. The molecule has 0 fully saturated rings. The Morgan fingerprint density at radius 3 is 2.86 bits per heavy atom. The summed E-state index contributed by atoms with van der Waals surface area (Å²) in [6, 6.07) is 11.9. The van der Waals surface area contributed by atoms with Gasteiger partial charge in [0, 0.05) is 21.7 Å². The van der Waals surface area contributed by atoms with Crippen molar-refractivity contribution in [2.45, 2.75) is 6.61 Å². The van der Waals surface area contributed by atoms with Crippen molar-refractivity contribution in [1.29, 1.82) is 0 Å². The zero-order valence-electron chi connectivity index (χ0n) is 11.0. The summed E-state index contributed by atoms with van der Waals surface area (Å²) in [4.78, 5) is 4.30. The number of benzene rings is 2. The largest absolute Gasteiger partial charge is 0.487 e. The Kier molecular flexibility index (Phi) is 3.75. The van der Waals surface area contributed by atoms with Gasteiger partial charge in [-0.25, -0.2) is 4.39 Å². The average Bonchev–Trinajstić information content (AvgIpc) is 2.46. The maximum absolute atomic E-state index is 13.3. The topological polar surface area (TPSA) is 48.1 Å². The van der Waals surface area contributed by atoms with E-state index in [1.54, 1.807) is 18.3 Å². The van der Waals surface area contributed by atoms with Crippen LogP contribution in [0.3, 0.4) is 0 Å². The second-order valence-electron chi connectivity index (χ2n) is 4.62. The van der Waals surface area contributed by atoms with Gasteiger partial charge in [0.05, 0.1) is 0 Å². The van der Waals surface area contributed by atoms with Crippen LogP contribution in [-0.2, 0) is 6.61 Å². The first-order chi connectivity index (χ1) is 10.1. The van der Waals surface area contributed by atoms with Crippen molar-refractivity contribution in [3.05, 3.63) is 64.5 Å². The Bertz CT molecular complexity index is 787. The molecule has 0 radical (unpaired) electrons. The lowest BCUT2D eigenvalue weighted by Gasteiger charge is -2.10. The molecule has 106 valence electrons. The fraction of sp³-hybridized carbons (Fsp3) is 0.0625. The van der Waals surface area contributed by atoms with Crippen LogP contribution in [0.25, 0.3) is 10.9 Å². The minimum atomic E-state index is -0.303. The molecule has 0 bridgehead atoms. The molecule has 2 aromatic carbocycles. The second-order valence-corrected chi connectivity index (χ2v) is 5.53. The SMILES string of the molecule is Nc1ccc(OCc2cc(F)cc(Br)c2)c2ncccc12. The number of rotatable bonds is 3. The highest BCUT2D eigenvalue weighted by Crippen LogP contribution is 2.28. The van der Waals surface area contributed by atoms with Crippen molar-refractivity contribution in [2.24, 2.45) is 0 Å². The molecule has 0 aliphatic rings. The molecule has 2 N–H and O–H groups in total. The van der Waals surface area contributed by atoms with Crippen LogP contribution in [0.5, 0.6) is 5.75 Å². The monoisotopic (exact) mass is 346 g/mol. The van der Waals surface area contributed by atoms with E-state index in [0.717, 1.165) is 10.9 Å². The molecule has 0 saturated carbocycles. The Morgan fingerprint density at radius 2 is 2.05 bits per heavy atom. The first-order valence-corrected chi connectivity index (χ1v) is 7.14. The minimum Gasteiger partial charge on any atom is -0.487 e. The molecule has 0 amide bonds. The highest BCUT2D eigenvalue weighted by molar-refractivity contribution is 9.10. The van der Waals surface area contributed by atoms with Crippen LogP contribution >= 0.6 is 15.9 Å². The Morgan fingerprint density at radius 1 is 1.19 bits per heavy atom. The highest BCUT2D eigenvalue weighted by Gasteiger charge is 2.07. The molecule has 3 aromatic rings. The molecular formula is C16H12BrFN2O. The van der Waals surface area contributed by atoms with Gasteiger partial charge in [-0.2, -0.15) is 0 Å². The van der Waals surface area contributed by atoms with E-state index < -0.39 is 0 Å². The number of halogens is 2. The van der Waals surface area contributed by atoms with Crippen molar-refractivity contribution < 1.29 is 9.13 Å². The Hall–Kier alpha value is -2.14. The predicted octanol–water partition coefficient (Wildman–Crippen LogP) is 4.30. The van der Waals surface area contributed by atoms with E-state index in [0.29, 0.717) is 21.4 Å². The van der Waals surface area contributed by atoms with Gasteiger partial charge >= 0.3 is 0 Å². The minimum absolute atomic E-state index is 0.256. The summed E-state index contributed by atoms with van der Waals surface area (Å²) in [6.07, 6.45) is 1.69. The summed E-state index contributed by atoms with van der Waals surface area (Å²) in [7, 11) is 0. The lowest BCUT2D eigenvalue weighted by Crippen LogP contribution is -1.98. The second kappa shape index (κ2) is 5.69. The van der Waals surface area contributed by atoms with Crippen LogP contribution < -0.4 is 10.5 Å². The van der Waals surface area contributed by atoms with Crippen molar-refractivity contribution in [3.8, 4) is 5.75 Å². The molecular weight excluding hydrogens is 335 g/mol. The normalized spacial score (nSPS) is 10.8. The number of hydrogen-bond donors (Lipinski definition) is 1. The van der Waals surface area contributed by atoms with Crippen LogP contribution in [0, 0.1) is 5.82 Å². The molecule has 1 heterocycles. The van der Waals surface area contributed by atoms with Gasteiger partial charge in [-0.1, -0.05) is 15.9 Å². The zero-order chi connectivity index (χ0) is 14.8. The van der Waals surface area contributed by atoms with Crippen LogP contribution in [0.15, 0.2) is 53.1 Å². The lowest BCUT2D eigenvalue weighted by molar-refractivity contribution is 0.308. The third kappa shape index (κ3) is 2.97. The standard InChI is InChI=1S/C16H12BrFN2O/c17-11-6-10(7-12(18)8-11)9-21-15-4-3-14(19)13-2-1-5-20-16(13)15/h1-8H,9,19H2. The van der Waals surface area contributed by atoms with Gasteiger partial charge < -0.3 is 10.5 Å². The van der Waals surface area contributed by atoms with Gasteiger partial charge in [0.15, 0.2) is 0 Å². The van der Waals surface area contributed by atoms with E-state index in [9.17, 15) is 4.39 Å². The number of nitrogens with zero attached hydrogens (tertiary/aromatic N) is 1. The molecule has 0 aliphatic carbocycles. The fourth-order valence-electron chi connectivity index (χ4n) is 2.14. The summed E-state index contributed by atoms with van der Waals surface area (Å²) in [6.45, 7) is 0.256. The van der Waals surface area contributed by atoms with E-state index >= 15 is 0 Å². The predicted molar refractivity (Wildman–Crippen MR) is 84.6 cm³/mol. The first kappa shape index (κ1) is 13.8. The van der Waals surface area contributed by atoms with E-state index in [1.807, 2.05) is 18.2 Å². The van der Waals surface area contributed by atoms with E-state index in [1.165, 1.54) is 12.1 Å². The number of aromatic nitrogens is 1. The maximum atomic E-state index is 13.3. The molecule has 0 unspecified atom stereocenters. The van der Waals surface area contributed by atoms with Crippen molar-refractivity contribution in [3.63, 3.8) is 0 Å². The molecule has 0 atom stereocenters. The quantitative estimate of drug-likeness (QED) is 0.719. The number of anilines is 1. The van der Waals surface area contributed by atoms with Gasteiger partial charge in [-0.15, -0.1) is 0 Å². The maximum Gasteiger partial charge on any atom is 0.146 e. The van der Waals surface area contributed by atoms with E-state index in [2.05, 4.69) is 20.9 Å². The summed E-state index contributed by atoms with van der Waals surface area (Å²) in [5, 5.41) is 0.843. The third-order valence-electron chi connectivity index (χ3n) is 3.08. The van der Waals surface area contributed by atoms with Crippen molar-refractivity contribution in [2.75, 3.05) is 5.73 Å². The smallest absolute Gasteiger partial charge is 0.146 e. The summed E-state index contributed by atoms with van der Waals surface area (Å²) in [5.41, 5.74) is 8.01. The third-order valence-corrected chi connectivity index (χ3v) is 3.54. The van der Waals surface area contributed by atoms with Crippen LogP contribution in [0.1, 0.15) is 5.56 Å². The molecule has 21 heavy (non-hydrogen) atoms.